The summed E-state index contributed by atoms with van der Waals surface area (Å²) in [6.07, 6.45) is 3.45. The van der Waals surface area contributed by atoms with Gasteiger partial charge in [-0.25, -0.2) is 5.10 Å². The number of rotatable bonds is 3. The summed E-state index contributed by atoms with van der Waals surface area (Å²) in [6, 6.07) is 13.4. The molecule has 5 nitrogen and oxygen atoms in total. The molecule has 0 bridgehead atoms. The van der Waals surface area contributed by atoms with Gasteiger partial charge in [-0.05, 0) is 48.9 Å². The van der Waals surface area contributed by atoms with Crippen molar-refractivity contribution in [2.24, 2.45) is 0 Å². The summed E-state index contributed by atoms with van der Waals surface area (Å²) in [4.78, 5) is 11.5. The summed E-state index contributed by atoms with van der Waals surface area (Å²) >= 11 is 3.40. The van der Waals surface area contributed by atoms with Gasteiger partial charge in [-0.2, -0.15) is 10.4 Å². The Morgan fingerprint density at radius 1 is 1.21 bits per heavy atom. The minimum absolute atomic E-state index is 0.0691. The number of hydrogen-bond acceptors (Lipinski definition) is 4. The zero-order valence-corrected chi connectivity index (χ0v) is 14.3. The third kappa shape index (κ3) is 3.21. The van der Waals surface area contributed by atoms with Gasteiger partial charge in [0.1, 0.15) is 23.2 Å². The Morgan fingerprint density at radius 2 is 1.96 bits per heavy atom. The number of benzene rings is 1. The molecule has 2 aromatic heterocycles. The van der Waals surface area contributed by atoms with Crippen LogP contribution in [0.4, 0.5) is 0 Å². The Balaban J connectivity index is 1.88. The predicted octanol–water partition coefficient (Wildman–Crippen LogP) is 4.14. The van der Waals surface area contributed by atoms with E-state index in [0.29, 0.717) is 17.0 Å². The van der Waals surface area contributed by atoms with Crippen LogP contribution in [-0.4, -0.2) is 10.2 Å². The molecule has 6 heteroatoms. The van der Waals surface area contributed by atoms with E-state index in [9.17, 15) is 4.79 Å². The van der Waals surface area contributed by atoms with E-state index in [2.05, 4.69) is 26.1 Å². The SMILES string of the molecule is Cc1c(C=Cc2ccc(-c3ccc(Br)cc3)o2)n[nH]c(=O)c1C#N. The molecule has 3 aromatic rings. The van der Waals surface area contributed by atoms with Crippen LogP contribution in [0.15, 0.2) is 50.1 Å². The van der Waals surface area contributed by atoms with Crippen LogP contribution < -0.4 is 5.56 Å². The lowest BCUT2D eigenvalue weighted by atomic mass is 10.1. The lowest BCUT2D eigenvalue weighted by Gasteiger charge is -1.99. The fraction of sp³-hybridized carbons (Fsp3) is 0.0556. The van der Waals surface area contributed by atoms with Crippen LogP contribution in [0.2, 0.25) is 0 Å². The predicted molar refractivity (Wildman–Crippen MR) is 95.1 cm³/mol. The fourth-order valence-corrected chi connectivity index (χ4v) is 2.48. The normalized spacial score (nSPS) is 10.9. The van der Waals surface area contributed by atoms with Crippen molar-refractivity contribution < 1.29 is 4.42 Å². The first kappa shape index (κ1) is 16.0. The molecule has 1 N–H and O–H groups in total. The summed E-state index contributed by atoms with van der Waals surface area (Å²) in [5, 5.41) is 15.3. The molecule has 0 unspecified atom stereocenters. The smallest absolute Gasteiger partial charge is 0.282 e. The first-order chi connectivity index (χ1) is 11.6. The maximum atomic E-state index is 11.5. The molecule has 2 heterocycles. The monoisotopic (exact) mass is 381 g/mol. The highest BCUT2D eigenvalue weighted by atomic mass is 79.9. The second-order valence-electron chi connectivity index (χ2n) is 5.09. The number of aromatic nitrogens is 2. The van der Waals surface area contributed by atoms with Gasteiger partial charge in [0.15, 0.2) is 0 Å². The molecule has 0 fully saturated rings. The summed E-state index contributed by atoms with van der Waals surface area (Å²) < 4.78 is 6.79. The highest BCUT2D eigenvalue weighted by Crippen LogP contribution is 2.24. The van der Waals surface area contributed by atoms with Crippen LogP contribution >= 0.6 is 15.9 Å². The van der Waals surface area contributed by atoms with Crippen LogP contribution in [-0.2, 0) is 0 Å². The lowest BCUT2D eigenvalue weighted by Crippen LogP contribution is -2.15. The van der Waals surface area contributed by atoms with Gasteiger partial charge in [0, 0.05) is 10.0 Å². The largest absolute Gasteiger partial charge is 0.457 e. The third-order valence-corrected chi connectivity index (χ3v) is 4.07. The summed E-state index contributed by atoms with van der Waals surface area (Å²) in [6.45, 7) is 1.69. The number of H-pyrrole nitrogens is 1. The number of hydrogen-bond donors (Lipinski definition) is 1. The fourth-order valence-electron chi connectivity index (χ4n) is 2.22. The lowest BCUT2D eigenvalue weighted by molar-refractivity contribution is 0.572. The molecule has 3 rings (SSSR count). The second kappa shape index (κ2) is 6.69. The van der Waals surface area contributed by atoms with Crippen molar-refractivity contribution >= 4 is 28.1 Å². The number of halogens is 1. The van der Waals surface area contributed by atoms with E-state index < -0.39 is 5.56 Å². The molecule has 0 atom stereocenters. The van der Waals surface area contributed by atoms with Crippen LogP contribution in [0.3, 0.4) is 0 Å². The molecular formula is C18H12BrN3O2. The van der Waals surface area contributed by atoms with Crippen molar-refractivity contribution in [1.29, 1.82) is 5.26 Å². The highest BCUT2D eigenvalue weighted by Gasteiger charge is 2.08. The van der Waals surface area contributed by atoms with E-state index in [1.807, 2.05) is 42.5 Å². The molecule has 0 aliphatic carbocycles. The number of aromatic amines is 1. The van der Waals surface area contributed by atoms with Crippen molar-refractivity contribution in [2.75, 3.05) is 0 Å². The van der Waals surface area contributed by atoms with Crippen molar-refractivity contribution in [1.82, 2.24) is 10.2 Å². The molecule has 118 valence electrons. The molecule has 1 aromatic carbocycles. The van der Waals surface area contributed by atoms with E-state index in [-0.39, 0.29) is 5.56 Å². The van der Waals surface area contributed by atoms with E-state index in [4.69, 9.17) is 9.68 Å². The van der Waals surface area contributed by atoms with Gasteiger partial charge in [-0.1, -0.05) is 28.1 Å². The molecule has 0 aliphatic rings. The minimum atomic E-state index is -0.484. The van der Waals surface area contributed by atoms with Crippen LogP contribution in [0.1, 0.15) is 22.6 Å². The summed E-state index contributed by atoms with van der Waals surface area (Å²) in [7, 11) is 0. The Hall–Kier alpha value is -2.91. The first-order valence-electron chi connectivity index (χ1n) is 7.11. The average molecular weight is 382 g/mol. The van der Waals surface area contributed by atoms with Crippen molar-refractivity contribution in [3.05, 3.63) is 73.8 Å². The Bertz CT molecular complexity index is 1010. The highest BCUT2D eigenvalue weighted by molar-refractivity contribution is 9.10. The maximum Gasteiger partial charge on any atom is 0.282 e. The maximum absolute atomic E-state index is 11.5. The van der Waals surface area contributed by atoms with Crippen LogP contribution in [0.25, 0.3) is 23.5 Å². The standard InChI is InChI=1S/C18H12BrN3O2/c1-11-15(10-20)18(23)22-21-16(11)8-6-14-7-9-17(24-14)12-2-4-13(19)5-3-12/h2-9H,1H3,(H,22,23). The summed E-state index contributed by atoms with van der Waals surface area (Å²) in [5.41, 5.74) is 1.62. The van der Waals surface area contributed by atoms with Crippen molar-refractivity contribution in [3.8, 4) is 17.4 Å². The van der Waals surface area contributed by atoms with E-state index >= 15 is 0 Å². The minimum Gasteiger partial charge on any atom is -0.457 e. The Kier molecular flexibility index (Phi) is 4.45. The van der Waals surface area contributed by atoms with Crippen LogP contribution in [0, 0.1) is 18.3 Å². The average Bonchev–Trinajstić information content (AvgIpc) is 3.04. The molecule has 24 heavy (non-hydrogen) atoms. The van der Waals surface area contributed by atoms with E-state index in [1.165, 1.54) is 0 Å². The first-order valence-corrected chi connectivity index (χ1v) is 7.91. The topological polar surface area (TPSA) is 82.7 Å². The van der Waals surface area contributed by atoms with Gasteiger partial charge in [-0.3, -0.25) is 4.79 Å². The van der Waals surface area contributed by atoms with Crippen LogP contribution in [0.5, 0.6) is 0 Å². The number of furan rings is 1. The Labute approximate surface area is 146 Å². The quantitative estimate of drug-likeness (QED) is 0.738. The number of nitriles is 1. The zero-order chi connectivity index (χ0) is 17.1. The Morgan fingerprint density at radius 3 is 2.67 bits per heavy atom. The molecule has 0 radical (unpaired) electrons. The molecule has 0 aliphatic heterocycles. The molecule has 0 saturated heterocycles. The van der Waals surface area contributed by atoms with Gasteiger partial charge in [0.25, 0.3) is 5.56 Å². The van der Waals surface area contributed by atoms with Gasteiger partial charge in [-0.15, -0.1) is 0 Å². The zero-order valence-electron chi connectivity index (χ0n) is 12.7. The van der Waals surface area contributed by atoms with Gasteiger partial charge < -0.3 is 4.42 Å². The van der Waals surface area contributed by atoms with Gasteiger partial charge in [0.2, 0.25) is 0 Å². The van der Waals surface area contributed by atoms with Crippen molar-refractivity contribution in [2.45, 2.75) is 6.92 Å². The van der Waals surface area contributed by atoms with Crippen molar-refractivity contribution in [3.63, 3.8) is 0 Å². The van der Waals surface area contributed by atoms with Gasteiger partial charge >= 0.3 is 0 Å². The van der Waals surface area contributed by atoms with Gasteiger partial charge in [0.05, 0.1) is 5.69 Å². The van der Waals surface area contributed by atoms with E-state index in [0.717, 1.165) is 15.8 Å². The number of nitrogens with zero attached hydrogens (tertiary/aromatic N) is 2. The number of nitrogens with one attached hydrogen (secondary N) is 1. The van der Waals surface area contributed by atoms with E-state index in [1.54, 1.807) is 19.1 Å². The molecule has 0 amide bonds. The third-order valence-electron chi connectivity index (χ3n) is 3.54. The summed E-state index contributed by atoms with van der Waals surface area (Å²) in [5.74, 6) is 1.41. The molecule has 0 saturated carbocycles. The second-order valence-corrected chi connectivity index (χ2v) is 6.01. The molecule has 0 spiro atoms. The molecular weight excluding hydrogens is 370 g/mol.